The van der Waals surface area contributed by atoms with E-state index >= 15 is 0 Å². The van der Waals surface area contributed by atoms with Gasteiger partial charge in [0.2, 0.25) is 0 Å². The molecule has 4 N–H and O–H groups in total. The van der Waals surface area contributed by atoms with E-state index in [4.69, 9.17) is 16.3 Å². The molecule has 0 bridgehead atoms. The van der Waals surface area contributed by atoms with Crippen LogP contribution >= 0.6 is 0 Å². The quantitative estimate of drug-likeness (QED) is 0.787. The predicted molar refractivity (Wildman–Crippen MR) is 68.1 cm³/mol. The second-order valence-corrected chi connectivity index (χ2v) is 3.72. The molecule has 90 valence electrons. The fraction of sp³-hybridized carbons (Fsp3) is 0.250. The van der Waals surface area contributed by atoms with Gasteiger partial charge in [-0.3, -0.25) is 0 Å². The molecule has 1 aromatic carbocycles. The van der Waals surface area contributed by atoms with Crippen LogP contribution in [0.3, 0.4) is 0 Å². The lowest BCUT2D eigenvalue weighted by Crippen LogP contribution is -2.13. The van der Waals surface area contributed by atoms with Crippen molar-refractivity contribution in [3.63, 3.8) is 0 Å². The summed E-state index contributed by atoms with van der Waals surface area (Å²) in [7, 11) is 0. The lowest BCUT2D eigenvalue weighted by molar-refractivity contribution is 0.340. The Morgan fingerprint density at radius 2 is 2.18 bits per heavy atom. The highest BCUT2D eigenvalue weighted by Gasteiger charge is 2.12. The van der Waals surface area contributed by atoms with Crippen LogP contribution in [0.15, 0.2) is 24.3 Å². The molecule has 1 aromatic heterocycles. The maximum absolute atomic E-state index is 5.89. The Bertz CT molecular complexity index is 533. The van der Waals surface area contributed by atoms with E-state index in [1.807, 2.05) is 38.1 Å². The van der Waals surface area contributed by atoms with Gasteiger partial charge in [-0.25, -0.2) is 9.66 Å². The molecule has 5 nitrogen and oxygen atoms in total. The molecule has 0 aliphatic rings. The minimum atomic E-state index is 0.455. The van der Waals surface area contributed by atoms with Crippen LogP contribution in [0.2, 0.25) is 0 Å². The normalized spacial score (nSPS) is 10.5. The summed E-state index contributed by atoms with van der Waals surface area (Å²) in [6.45, 7) is 4.38. The van der Waals surface area contributed by atoms with E-state index < -0.39 is 0 Å². The van der Waals surface area contributed by atoms with Gasteiger partial charge in [0.15, 0.2) is 5.82 Å². The van der Waals surface area contributed by atoms with Crippen molar-refractivity contribution in [1.82, 2.24) is 9.66 Å². The van der Waals surface area contributed by atoms with Crippen molar-refractivity contribution < 1.29 is 4.74 Å². The fourth-order valence-corrected chi connectivity index (χ4v) is 1.67. The first-order valence-corrected chi connectivity index (χ1v) is 5.46. The number of aryl methyl sites for hydroxylation is 1. The Morgan fingerprint density at radius 1 is 1.41 bits per heavy atom. The molecular weight excluding hydrogens is 216 g/mol. The number of nitrogen functional groups attached to an aromatic ring is 2. The highest BCUT2D eigenvalue weighted by molar-refractivity contribution is 5.72. The van der Waals surface area contributed by atoms with Crippen molar-refractivity contribution >= 4 is 5.82 Å². The largest absolute Gasteiger partial charge is 0.494 e. The van der Waals surface area contributed by atoms with Crippen molar-refractivity contribution in [2.24, 2.45) is 0 Å². The molecule has 0 aliphatic heterocycles. The molecule has 17 heavy (non-hydrogen) atoms. The molecule has 1 heterocycles. The van der Waals surface area contributed by atoms with E-state index in [1.165, 1.54) is 4.68 Å². The number of hydrogen-bond donors (Lipinski definition) is 2. The van der Waals surface area contributed by atoms with E-state index in [-0.39, 0.29) is 0 Å². The number of benzene rings is 1. The summed E-state index contributed by atoms with van der Waals surface area (Å²) >= 11 is 0. The average molecular weight is 232 g/mol. The zero-order valence-corrected chi connectivity index (χ0v) is 9.97. The lowest BCUT2D eigenvalue weighted by Gasteiger charge is -2.05. The van der Waals surface area contributed by atoms with Crippen molar-refractivity contribution in [2.75, 3.05) is 18.2 Å². The number of rotatable bonds is 3. The second-order valence-electron chi connectivity index (χ2n) is 3.72. The summed E-state index contributed by atoms with van der Waals surface area (Å²) < 4.78 is 6.82. The van der Waals surface area contributed by atoms with Crippen LogP contribution < -0.4 is 16.3 Å². The maximum atomic E-state index is 5.89. The number of nitrogens with two attached hydrogens (primary N) is 2. The first-order valence-electron chi connectivity index (χ1n) is 5.46. The van der Waals surface area contributed by atoms with E-state index in [9.17, 15) is 0 Å². The van der Waals surface area contributed by atoms with Crippen molar-refractivity contribution in [1.29, 1.82) is 0 Å². The van der Waals surface area contributed by atoms with E-state index in [1.54, 1.807) is 0 Å². The van der Waals surface area contributed by atoms with Crippen molar-refractivity contribution in [3.8, 4) is 17.0 Å². The molecule has 0 amide bonds. The molecule has 0 atom stereocenters. The summed E-state index contributed by atoms with van der Waals surface area (Å²) in [4.78, 5) is 4.34. The lowest BCUT2D eigenvalue weighted by atomic mass is 10.1. The SMILES string of the molecule is CCOc1cccc(-c2nc(C)n(N)c2N)c1. The summed E-state index contributed by atoms with van der Waals surface area (Å²) in [5, 5.41) is 0. The predicted octanol–water partition coefficient (Wildman–Crippen LogP) is 1.55. The molecule has 2 aromatic rings. The molecular formula is C12H16N4O. The number of hydrogen-bond acceptors (Lipinski definition) is 4. The zero-order valence-electron chi connectivity index (χ0n) is 9.97. The van der Waals surface area contributed by atoms with Crippen LogP contribution in [0.25, 0.3) is 11.3 Å². The fourth-order valence-electron chi connectivity index (χ4n) is 1.67. The van der Waals surface area contributed by atoms with Gasteiger partial charge in [-0.05, 0) is 26.0 Å². The molecule has 0 fully saturated rings. The third kappa shape index (κ3) is 2.04. The molecule has 5 heteroatoms. The molecule has 0 unspecified atom stereocenters. The highest BCUT2D eigenvalue weighted by atomic mass is 16.5. The van der Waals surface area contributed by atoms with Gasteiger partial charge in [0.25, 0.3) is 0 Å². The first-order chi connectivity index (χ1) is 8.13. The molecule has 0 spiro atoms. The minimum absolute atomic E-state index is 0.455. The van der Waals surface area contributed by atoms with Gasteiger partial charge in [0.05, 0.1) is 6.61 Å². The zero-order chi connectivity index (χ0) is 12.4. The number of ether oxygens (including phenoxy) is 1. The smallest absolute Gasteiger partial charge is 0.150 e. The Hall–Kier alpha value is -2.17. The maximum Gasteiger partial charge on any atom is 0.150 e. The van der Waals surface area contributed by atoms with Crippen molar-refractivity contribution in [3.05, 3.63) is 30.1 Å². The monoisotopic (exact) mass is 232 g/mol. The molecule has 0 aliphatic carbocycles. The Labute approximate surface area is 100.0 Å². The van der Waals surface area contributed by atoms with Crippen LogP contribution in [0.5, 0.6) is 5.75 Å². The van der Waals surface area contributed by atoms with Crippen LogP contribution in [0, 0.1) is 6.92 Å². The minimum Gasteiger partial charge on any atom is -0.494 e. The average Bonchev–Trinajstić information content (AvgIpc) is 2.58. The van der Waals surface area contributed by atoms with Gasteiger partial charge in [-0.1, -0.05) is 12.1 Å². The summed E-state index contributed by atoms with van der Waals surface area (Å²) in [5.74, 6) is 7.67. The van der Waals surface area contributed by atoms with E-state index in [0.717, 1.165) is 11.3 Å². The highest BCUT2D eigenvalue weighted by Crippen LogP contribution is 2.27. The van der Waals surface area contributed by atoms with Crippen molar-refractivity contribution in [2.45, 2.75) is 13.8 Å². The summed E-state index contributed by atoms with van der Waals surface area (Å²) in [6, 6.07) is 7.64. The van der Waals surface area contributed by atoms with Gasteiger partial charge < -0.3 is 16.3 Å². The Kier molecular flexibility index (Phi) is 2.91. The molecule has 0 saturated carbocycles. The summed E-state index contributed by atoms with van der Waals surface area (Å²) in [6.07, 6.45) is 0. The van der Waals surface area contributed by atoms with Gasteiger partial charge in [0, 0.05) is 5.56 Å². The van der Waals surface area contributed by atoms with Crippen LogP contribution in [0.1, 0.15) is 12.7 Å². The molecule has 0 radical (unpaired) electrons. The standard InChI is InChI=1S/C12H16N4O/c1-3-17-10-6-4-5-9(7-10)11-12(13)16(14)8(2)15-11/h4-7H,3,13-14H2,1-2H3. The Balaban J connectivity index is 2.45. The van der Waals surface area contributed by atoms with Crippen LogP contribution in [0.4, 0.5) is 5.82 Å². The number of imidazole rings is 1. The van der Waals surface area contributed by atoms with Crippen LogP contribution in [-0.4, -0.2) is 16.3 Å². The molecule has 0 saturated heterocycles. The molecule has 2 rings (SSSR count). The van der Waals surface area contributed by atoms with Crippen LogP contribution in [-0.2, 0) is 0 Å². The third-order valence-corrected chi connectivity index (χ3v) is 2.54. The van der Waals surface area contributed by atoms with Gasteiger partial charge in [0.1, 0.15) is 17.3 Å². The van der Waals surface area contributed by atoms with E-state index in [2.05, 4.69) is 4.98 Å². The topological polar surface area (TPSA) is 79.1 Å². The summed E-state index contributed by atoms with van der Waals surface area (Å²) in [5.41, 5.74) is 7.48. The van der Waals surface area contributed by atoms with Gasteiger partial charge in [-0.2, -0.15) is 0 Å². The van der Waals surface area contributed by atoms with Gasteiger partial charge in [-0.15, -0.1) is 0 Å². The van der Waals surface area contributed by atoms with E-state index in [0.29, 0.717) is 23.9 Å². The van der Waals surface area contributed by atoms with Gasteiger partial charge >= 0.3 is 0 Å². The second kappa shape index (κ2) is 4.37. The number of aromatic nitrogens is 2. The number of nitrogens with zero attached hydrogens (tertiary/aromatic N) is 2. The number of anilines is 1. The Morgan fingerprint density at radius 3 is 2.76 bits per heavy atom. The third-order valence-electron chi connectivity index (χ3n) is 2.54. The first kappa shape index (κ1) is 11.3.